The third-order valence-corrected chi connectivity index (χ3v) is 4.93. The number of benzene rings is 1. The van der Waals surface area contributed by atoms with Crippen LogP contribution in [-0.4, -0.2) is 36.5 Å². The normalized spacial score (nSPS) is 19.5. The van der Waals surface area contributed by atoms with Crippen LogP contribution in [0.5, 0.6) is 0 Å². The van der Waals surface area contributed by atoms with Crippen molar-refractivity contribution in [3.63, 3.8) is 0 Å². The number of carbonyl (C=O) groups excluding carboxylic acids is 1. The van der Waals surface area contributed by atoms with Gasteiger partial charge in [-0.05, 0) is 43.3 Å². The molecule has 4 nitrogen and oxygen atoms in total. The lowest BCUT2D eigenvalue weighted by Crippen LogP contribution is -2.47. The van der Waals surface area contributed by atoms with Gasteiger partial charge in [-0.15, -0.1) is 0 Å². The van der Waals surface area contributed by atoms with Crippen molar-refractivity contribution in [2.45, 2.75) is 45.7 Å². The van der Waals surface area contributed by atoms with Gasteiger partial charge in [0.1, 0.15) is 0 Å². The van der Waals surface area contributed by atoms with Crippen LogP contribution in [0.1, 0.15) is 45.2 Å². The molecular formula is C19H31N3O. The molecule has 128 valence electrons. The summed E-state index contributed by atoms with van der Waals surface area (Å²) in [4.78, 5) is 14.7. The Morgan fingerprint density at radius 2 is 1.87 bits per heavy atom. The van der Waals surface area contributed by atoms with E-state index in [2.05, 4.69) is 41.4 Å². The van der Waals surface area contributed by atoms with E-state index in [0.29, 0.717) is 6.54 Å². The summed E-state index contributed by atoms with van der Waals surface area (Å²) >= 11 is 0. The van der Waals surface area contributed by atoms with Crippen LogP contribution in [0.2, 0.25) is 0 Å². The number of nitrogens with two attached hydrogens (primary N) is 1. The second-order valence-corrected chi connectivity index (χ2v) is 7.16. The lowest BCUT2D eigenvalue weighted by molar-refractivity contribution is -0.123. The standard InChI is InChI=1S/C19H31N3O/c1-14(2)18(20)19(23)21-13-17(16-7-5-4-6-8-16)22-11-9-15(3)10-12-22/h4-8,14-15,17-18H,9-13,20H2,1-3H3,(H,21,23)/t17?,18-/m0/s1. The molecule has 23 heavy (non-hydrogen) atoms. The Morgan fingerprint density at radius 1 is 1.26 bits per heavy atom. The first kappa shape index (κ1) is 18.0. The zero-order valence-corrected chi connectivity index (χ0v) is 14.7. The summed E-state index contributed by atoms with van der Waals surface area (Å²) in [5, 5.41) is 3.07. The van der Waals surface area contributed by atoms with E-state index < -0.39 is 6.04 Å². The Labute approximate surface area is 140 Å². The van der Waals surface area contributed by atoms with Gasteiger partial charge in [0.25, 0.3) is 0 Å². The van der Waals surface area contributed by atoms with Crippen molar-refractivity contribution in [2.24, 2.45) is 17.6 Å². The first-order valence-corrected chi connectivity index (χ1v) is 8.81. The zero-order chi connectivity index (χ0) is 16.8. The quantitative estimate of drug-likeness (QED) is 0.848. The Kier molecular flexibility index (Phi) is 6.60. The topological polar surface area (TPSA) is 58.4 Å². The fourth-order valence-corrected chi connectivity index (χ4v) is 3.09. The molecule has 0 aliphatic carbocycles. The van der Waals surface area contributed by atoms with E-state index in [1.807, 2.05) is 19.9 Å². The molecule has 1 aliphatic heterocycles. The van der Waals surface area contributed by atoms with Crippen LogP contribution in [0, 0.1) is 11.8 Å². The summed E-state index contributed by atoms with van der Waals surface area (Å²) in [6.45, 7) is 9.07. The number of nitrogens with zero attached hydrogens (tertiary/aromatic N) is 1. The van der Waals surface area contributed by atoms with E-state index in [1.165, 1.54) is 18.4 Å². The third-order valence-electron chi connectivity index (χ3n) is 4.93. The minimum absolute atomic E-state index is 0.0497. The molecule has 1 unspecified atom stereocenters. The lowest BCUT2D eigenvalue weighted by Gasteiger charge is -2.37. The molecule has 3 N–H and O–H groups in total. The van der Waals surface area contributed by atoms with Gasteiger partial charge in [-0.1, -0.05) is 51.1 Å². The molecule has 1 amide bonds. The molecule has 1 heterocycles. The Bertz CT molecular complexity index is 481. The molecule has 1 aromatic carbocycles. The Balaban J connectivity index is 2.04. The predicted molar refractivity (Wildman–Crippen MR) is 95.0 cm³/mol. The molecule has 0 radical (unpaired) electrons. The van der Waals surface area contributed by atoms with Crippen molar-refractivity contribution in [3.05, 3.63) is 35.9 Å². The van der Waals surface area contributed by atoms with Gasteiger partial charge in [-0.25, -0.2) is 0 Å². The van der Waals surface area contributed by atoms with E-state index in [-0.39, 0.29) is 17.9 Å². The van der Waals surface area contributed by atoms with Gasteiger partial charge < -0.3 is 11.1 Å². The number of hydrogen-bond acceptors (Lipinski definition) is 3. The highest BCUT2D eigenvalue weighted by Crippen LogP contribution is 2.26. The highest BCUT2D eigenvalue weighted by molar-refractivity contribution is 5.81. The number of hydrogen-bond donors (Lipinski definition) is 2. The van der Waals surface area contributed by atoms with E-state index in [4.69, 9.17) is 5.73 Å². The molecule has 1 saturated heterocycles. The molecule has 0 saturated carbocycles. The number of rotatable bonds is 6. The molecule has 0 aromatic heterocycles. The molecule has 2 atom stereocenters. The Hall–Kier alpha value is -1.39. The minimum atomic E-state index is -0.437. The molecule has 0 bridgehead atoms. The van der Waals surface area contributed by atoms with Crippen LogP contribution in [0.25, 0.3) is 0 Å². The molecule has 1 fully saturated rings. The maximum atomic E-state index is 12.2. The van der Waals surface area contributed by atoms with E-state index in [1.54, 1.807) is 0 Å². The van der Waals surface area contributed by atoms with E-state index in [9.17, 15) is 4.79 Å². The van der Waals surface area contributed by atoms with E-state index in [0.717, 1.165) is 19.0 Å². The average molecular weight is 317 g/mol. The Morgan fingerprint density at radius 3 is 2.43 bits per heavy atom. The zero-order valence-electron chi connectivity index (χ0n) is 14.7. The number of carbonyl (C=O) groups is 1. The van der Waals surface area contributed by atoms with Crippen LogP contribution in [0.15, 0.2) is 30.3 Å². The maximum absolute atomic E-state index is 12.2. The largest absolute Gasteiger partial charge is 0.353 e. The second-order valence-electron chi connectivity index (χ2n) is 7.16. The lowest BCUT2D eigenvalue weighted by atomic mass is 9.95. The van der Waals surface area contributed by atoms with Crippen molar-refractivity contribution in [1.82, 2.24) is 10.2 Å². The summed E-state index contributed by atoms with van der Waals surface area (Å²) in [5.74, 6) is 0.902. The van der Waals surface area contributed by atoms with Crippen LogP contribution in [-0.2, 0) is 4.79 Å². The summed E-state index contributed by atoms with van der Waals surface area (Å²) < 4.78 is 0. The SMILES string of the molecule is CC1CCN(C(CNC(=O)[C@@H](N)C(C)C)c2ccccc2)CC1. The fraction of sp³-hybridized carbons (Fsp3) is 0.632. The van der Waals surface area contributed by atoms with Gasteiger partial charge in [0.15, 0.2) is 0 Å². The monoisotopic (exact) mass is 317 g/mol. The predicted octanol–water partition coefficient (Wildman–Crippen LogP) is 2.56. The van der Waals surface area contributed by atoms with Gasteiger partial charge in [0.05, 0.1) is 12.1 Å². The smallest absolute Gasteiger partial charge is 0.237 e. The average Bonchev–Trinajstić information content (AvgIpc) is 2.56. The summed E-state index contributed by atoms with van der Waals surface area (Å²) in [7, 11) is 0. The van der Waals surface area contributed by atoms with Gasteiger partial charge in [0.2, 0.25) is 5.91 Å². The summed E-state index contributed by atoms with van der Waals surface area (Å²) in [5.41, 5.74) is 7.22. The van der Waals surface area contributed by atoms with Gasteiger partial charge in [0, 0.05) is 6.54 Å². The van der Waals surface area contributed by atoms with E-state index >= 15 is 0 Å². The number of likely N-dealkylation sites (tertiary alicyclic amines) is 1. The molecule has 1 aliphatic rings. The molecule has 1 aromatic rings. The molecule has 2 rings (SSSR count). The first-order chi connectivity index (χ1) is 11.0. The van der Waals surface area contributed by atoms with Crippen molar-refractivity contribution >= 4 is 5.91 Å². The fourth-order valence-electron chi connectivity index (χ4n) is 3.09. The minimum Gasteiger partial charge on any atom is -0.353 e. The van der Waals surface area contributed by atoms with Crippen molar-refractivity contribution in [2.75, 3.05) is 19.6 Å². The first-order valence-electron chi connectivity index (χ1n) is 8.81. The number of piperidine rings is 1. The summed E-state index contributed by atoms with van der Waals surface area (Å²) in [6.07, 6.45) is 2.45. The van der Waals surface area contributed by atoms with Crippen molar-refractivity contribution < 1.29 is 4.79 Å². The molecule has 4 heteroatoms. The van der Waals surface area contributed by atoms with Gasteiger partial charge in [-0.3, -0.25) is 9.69 Å². The van der Waals surface area contributed by atoms with Crippen molar-refractivity contribution in [3.8, 4) is 0 Å². The number of amides is 1. The van der Waals surface area contributed by atoms with Gasteiger partial charge >= 0.3 is 0 Å². The molecular weight excluding hydrogens is 286 g/mol. The van der Waals surface area contributed by atoms with Crippen LogP contribution < -0.4 is 11.1 Å². The van der Waals surface area contributed by atoms with Gasteiger partial charge in [-0.2, -0.15) is 0 Å². The highest BCUT2D eigenvalue weighted by Gasteiger charge is 2.26. The maximum Gasteiger partial charge on any atom is 0.237 e. The van der Waals surface area contributed by atoms with Crippen LogP contribution in [0.4, 0.5) is 0 Å². The number of nitrogens with one attached hydrogen (secondary N) is 1. The van der Waals surface area contributed by atoms with Crippen LogP contribution >= 0.6 is 0 Å². The summed E-state index contributed by atoms with van der Waals surface area (Å²) in [6, 6.07) is 10.3. The second kappa shape index (κ2) is 8.46. The van der Waals surface area contributed by atoms with Crippen LogP contribution in [0.3, 0.4) is 0 Å². The molecule has 0 spiro atoms. The van der Waals surface area contributed by atoms with Crippen molar-refractivity contribution in [1.29, 1.82) is 0 Å². The highest BCUT2D eigenvalue weighted by atomic mass is 16.2. The third kappa shape index (κ3) is 5.05.